The molecule has 0 saturated heterocycles. The summed E-state index contributed by atoms with van der Waals surface area (Å²) in [5.41, 5.74) is 0. The zero-order chi connectivity index (χ0) is 42.1. The van der Waals surface area contributed by atoms with Crippen molar-refractivity contribution >= 4 is 19.8 Å². The number of phosphoric ester groups is 1. The number of carbonyl (C=O) groups is 2. The normalized spacial score (nSPS) is 14.3. The first-order valence-corrected chi connectivity index (χ1v) is 23.7. The van der Waals surface area contributed by atoms with Gasteiger partial charge in [0.2, 0.25) is 0 Å². The quantitative estimate of drug-likeness (QED) is 0.0215. The van der Waals surface area contributed by atoms with E-state index in [1.807, 2.05) is 21.1 Å². The fourth-order valence-corrected chi connectivity index (χ4v) is 6.25. The minimum atomic E-state index is -4.39. The smallest absolute Gasteiger partial charge is 0.462 e. The number of carbonyl (C=O) groups excluding carboxylic acids is 2. The predicted molar refractivity (Wildman–Crippen MR) is 238 cm³/mol. The number of quaternary nitrogens is 1. The van der Waals surface area contributed by atoms with Crippen LogP contribution in [0.25, 0.3) is 0 Å². The van der Waals surface area contributed by atoms with Crippen molar-refractivity contribution in [3.05, 3.63) is 72.9 Å². The fraction of sp³-hybridized carbons (Fsp3) is 0.702. The Morgan fingerprint density at radius 2 is 1.02 bits per heavy atom. The highest BCUT2D eigenvalue weighted by Crippen LogP contribution is 2.43. The molecule has 0 aliphatic carbocycles. The maximum atomic E-state index is 12.7. The van der Waals surface area contributed by atoms with Crippen molar-refractivity contribution < 1.29 is 42.1 Å². The van der Waals surface area contributed by atoms with Gasteiger partial charge in [-0.05, 0) is 77.0 Å². The Morgan fingerprint density at radius 1 is 0.561 bits per heavy atom. The molecule has 2 atom stereocenters. The Morgan fingerprint density at radius 3 is 1.56 bits per heavy atom. The molecule has 0 aromatic heterocycles. The molecule has 0 amide bonds. The van der Waals surface area contributed by atoms with Gasteiger partial charge in [0, 0.05) is 12.8 Å². The highest BCUT2D eigenvalue weighted by atomic mass is 31.2. The van der Waals surface area contributed by atoms with Crippen molar-refractivity contribution in [3.63, 3.8) is 0 Å². The number of ether oxygens (including phenoxy) is 2. The Hall–Kier alpha value is -2.55. The number of hydrogen-bond acceptors (Lipinski definition) is 7. The summed E-state index contributed by atoms with van der Waals surface area (Å²) in [5, 5.41) is 0. The Balaban J connectivity index is 4.48. The van der Waals surface area contributed by atoms with E-state index in [4.69, 9.17) is 18.5 Å². The van der Waals surface area contributed by atoms with Gasteiger partial charge in [-0.1, -0.05) is 145 Å². The molecular weight excluding hydrogens is 737 g/mol. The largest absolute Gasteiger partial charge is 0.472 e. The van der Waals surface area contributed by atoms with Crippen molar-refractivity contribution in [1.82, 2.24) is 0 Å². The molecule has 1 unspecified atom stereocenters. The van der Waals surface area contributed by atoms with Crippen LogP contribution in [0, 0.1) is 0 Å². The number of hydrogen-bond donors (Lipinski definition) is 1. The van der Waals surface area contributed by atoms with E-state index in [0.717, 1.165) is 70.6 Å². The second-order valence-electron chi connectivity index (χ2n) is 15.7. The van der Waals surface area contributed by atoms with Crippen LogP contribution in [0.3, 0.4) is 0 Å². The molecule has 9 nitrogen and oxygen atoms in total. The van der Waals surface area contributed by atoms with Gasteiger partial charge >= 0.3 is 19.8 Å². The fourth-order valence-electron chi connectivity index (χ4n) is 5.51. The summed E-state index contributed by atoms with van der Waals surface area (Å²) in [4.78, 5) is 35.3. The third-order valence-electron chi connectivity index (χ3n) is 8.97. The van der Waals surface area contributed by atoms with Crippen molar-refractivity contribution in [2.24, 2.45) is 0 Å². The molecule has 0 radical (unpaired) electrons. The van der Waals surface area contributed by atoms with Gasteiger partial charge in [-0.2, -0.15) is 0 Å². The van der Waals surface area contributed by atoms with E-state index in [-0.39, 0.29) is 26.1 Å². The van der Waals surface area contributed by atoms with Gasteiger partial charge in [0.1, 0.15) is 19.8 Å². The third kappa shape index (κ3) is 42.9. The van der Waals surface area contributed by atoms with E-state index in [2.05, 4.69) is 86.8 Å². The van der Waals surface area contributed by atoms with E-state index in [9.17, 15) is 19.0 Å². The van der Waals surface area contributed by atoms with Crippen molar-refractivity contribution in [3.8, 4) is 0 Å². The number of phosphoric acid groups is 1. The number of allylic oxidation sites excluding steroid dienone is 12. The molecule has 0 aliphatic heterocycles. The summed E-state index contributed by atoms with van der Waals surface area (Å²) in [5.74, 6) is -0.882. The van der Waals surface area contributed by atoms with E-state index in [0.29, 0.717) is 23.9 Å². The molecule has 328 valence electrons. The minimum absolute atomic E-state index is 0.0180. The first kappa shape index (κ1) is 54.5. The van der Waals surface area contributed by atoms with Crippen LogP contribution in [0.5, 0.6) is 0 Å². The highest BCUT2D eigenvalue weighted by Gasteiger charge is 2.27. The molecule has 57 heavy (non-hydrogen) atoms. The summed E-state index contributed by atoms with van der Waals surface area (Å²) < 4.78 is 34.2. The first-order chi connectivity index (χ1) is 27.5. The van der Waals surface area contributed by atoms with E-state index >= 15 is 0 Å². The third-order valence-corrected chi connectivity index (χ3v) is 9.95. The molecule has 0 heterocycles. The van der Waals surface area contributed by atoms with Crippen LogP contribution >= 0.6 is 7.82 Å². The topological polar surface area (TPSA) is 108 Å². The number of unbranched alkanes of at least 4 members (excludes halogenated alkanes) is 13. The zero-order valence-corrected chi connectivity index (χ0v) is 37.7. The van der Waals surface area contributed by atoms with Gasteiger partial charge in [-0.15, -0.1) is 0 Å². The van der Waals surface area contributed by atoms with Crippen LogP contribution in [0.2, 0.25) is 0 Å². The van der Waals surface area contributed by atoms with Gasteiger partial charge in [-0.3, -0.25) is 18.6 Å². The second-order valence-corrected chi connectivity index (χ2v) is 17.1. The molecule has 0 aromatic carbocycles. The van der Waals surface area contributed by atoms with Gasteiger partial charge in [0.05, 0.1) is 27.7 Å². The van der Waals surface area contributed by atoms with Crippen molar-refractivity contribution in [2.45, 2.75) is 168 Å². The molecular formula is C47H83NO8P+. The lowest BCUT2D eigenvalue weighted by molar-refractivity contribution is -0.870. The SMILES string of the molecule is CC/C=C\C/C=C\C/C=C\C/C=C\C/C=C\CCCC(=O)OC[C@H](COP(=O)(O)OCC[N+](C)(C)C)OC(=O)CCCCCCC/C=C\CCCCCCCCC. The summed E-state index contributed by atoms with van der Waals surface area (Å²) in [7, 11) is 1.43. The van der Waals surface area contributed by atoms with E-state index in [1.165, 1.54) is 51.4 Å². The van der Waals surface area contributed by atoms with E-state index in [1.54, 1.807) is 0 Å². The molecule has 0 bridgehead atoms. The maximum Gasteiger partial charge on any atom is 0.472 e. The number of likely N-dealkylation sites (N-methyl/N-ethyl adjacent to an activating group) is 1. The molecule has 0 rings (SSSR count). The lowest BCUT2D eigenvalue weighted by atomic mass is 10.1. The van der Waals surface area contributed by atoms with Crippen molar-refractivity contribution in [2.75, 3.05) is 47.5 Å². The number of nitrogens with zero attached hydrogens (tertiary/aromatic N) is 1. The van der Waals surface area contributed by atoms with Crippen LogP contribution in [0.1, 0.15) is 162 Å². The standard InChI is InChI=1S/C47H82NO8P/c1-6-8-10-12-14-16-18-20-22-24-26-27-29-31-33-35-37-39-46(49)53-43-45(44-55-57(51,52)54-42-41-48(3,4)5)56-47(50)40-38-36-34-32-30-28-25-23-21-19-17-15-13-11-9-7-2/h8,10,14,16,20,22-23,25-27,31,33,45H,6-7,9,11-13,15,17-19,21,24,28-30,32,34-44H2,1-5H3/p+1/b10-8-,16-14-,22-20-,25-23-,27-26-,33-31-/t45-/m1/s1. The summed E-state index contributed by atoms with van der Waals surface area (Å²) in [6.07, 6.45) is 48.1. The first-order valence-electron chi connectivity index (χ1n) is 22.2. The summed E-state index contributed by atoms with van der Waals surface area (Å²) in [6, 6.07) is 0. The number of esters is 2. The van der Waals surface area contributed by atoms with Crippen LogP contribution in [-0.2, 0) is 32.7 Å². The molecule has 0 aromatic rings. The zero-order valence-electron chi connectivity index (χ0n) is 36.8. The Kier molecular flexibility index (Phi) is 37.2. The summed E-state index contributed by atoms with van der Waals surface area (Å²) >= 11 is 0. The highest BCUT2D eigenvalue weighted by molar-refractivity contribution is 7.47. The minimum Gasteiger partial charge on any atom is -0.462 e. The van der Waals surface area contributed by atoms with Crippen LogP contribution < -0.4 is 0 Å². The van der Waals surface area contributed by atoms with Crippen molar-refractivity contribution in [1.29, 1.82) is 0 Å². The predicted octanol–water partition coefficient (Wildman–Crippen LogP) is 12.6. The lowest BCUT2D eigenvalue weighted by Gasteiger charge is -2.24. The monoisotopic (exact) mass is 821 g/mol. The lowest BCUT2D eigenvalue weighted by Crippen LogP contribution is -2.37. The number of rotatable bonds is 39. The second kappa shape index (κ2) is 38.9. The molecule has 0 fully saturated rings. The Labute approximate surface area is 348 Å². The molecule has 1 N–H and O–H groups in total. The van der Waals surface area contributed by atoms with Crippen LogP contribution in [0.15, 0.2) is 72.9 Å². The Bertz CT molecular complexity index is 1200. The van der Waals surface area contributed by atoms with Gasteiger partial charge in [-0.25, -0.2) is 4.57 Å². The molecule has 0 aliphatic rings. The van der Waals surface area contributed by atoms with E-state index < -0.39 is 32.5 Å². The van der Waals surface area contributed by atoms with Gasteiger partial charge < -0.3 is 18.9 Å². The van der Waals surface area contributed by atoms with Gasteiger partial charge in [0.15, 0.2) is 6.10 Å². The molecule has 0 spiro atoms. The van der Waals surface area contributed by atoms with Crippen LogP contribution in [0.4, 0.5) is 0 Å². The molecule has 0 saturated carbocycles. The average Bonchev–Trinajstić information content (AvgIpc) is 3.16. The van der Waals surface area contributed by atoms with Crippen LogP contribution in [-0.4, -0.2) is 74.9 Å². The van der Waals surface area contributed by atoms with Gasteiger partial charge in [0.25, 0.3) is 0 Å². The molecule has 10 heteroatoms. The summed E-state index contributed by atoms with van der Waals surface area (Å²) in [6.45, 7) is 4.22. The maximum absolute atomic E-state index is 12.7. The average molecular weight is 821 g/mol.